The summed E-state index contributed by atoms with van der Waals surface area (Å²) in [6.45, 7) is 0.976. The maximum Gasteiger partial charge on any atom is 0.140 e. The molecule has 0 saturated heterocycles. The number of nitrogens with one attached hydrogen (secondary N) is 2. The molecule has 1 aromatic carbocycles. The maximum atomic E-state index is 9.71. The summed E-state index contributed by atoms with van der Waals surface area (Å²) in [7, 11) is 0. The molecule has 1 fully saturated rings. The third-order valence-electron chi connectivity index (χ3n) is 3.36. The van der Waals surface area contributed by atoms with Gasteiger partial charge in [-0.1, -0.05) is 6.07 Å². The lowest BCUT2D eigenvalue weighted by Crippen LogP contribution is -2.52. The average Bonchev–Trinajstić information content (AvgIpc) is 2.16. The van der Waals surface area contributed by atoms with Crippen LogP contribution in [0.5, 0.6) is 5.75 Å². The van der Waals surface area contributed by atoms with Crippen molar-refractivity contribution in [1.29, 1.82) is 0 Å². The minimum atomic E-state index is 0.214. The van der Waals surface area contributed by atoms with Gasteiger partial charge in [-0.15, -0.1) is 0 Å². The van der Waals surface area contributed by atoms with Crippen molar-refractivity contribution < 1.29 is 5.11 Å². The van der Waals surface area contributed by atoms with Gasteiger partial charge in [-0.25, -0.2) is 0 Å². The van der Waals surface area contributed by atoms with Crippen molar-refractivity contribution in [2.75, 3.05) is 17.2 Å². The molecule has 3 heteroatoms. The molecule has 3 rings (SSSR count). The third kappa shape index (κ3) is 0.983. The predicted molar refractivity (Wildman–Crippen MR) is 56.8 cm³/mol. The highest BCUT2D eigenvalue weighted by Crippen LogP contribution is 2.44. The van der Waals surface area contributed by atoms with Gasteiger partial charge in [0.2, 0.25) is 0 Å². The number of rotatable bonds is 0. The lowest BCUT2D eigenvalue weighted by molar-refractivity contribution is 0.289. The molecule has 1 spiro atoms. The molecule has 0 radical (unpaired) electrons. The van der Waals surface area contributed by atoms with E-state index in [1.807, 2.05) is 12.1 Å². The van der Waals surface area contributed by atoms with Gasteiger partial charge >= 0.3 is 0 Å². The number of anilines is 2. The zero-order valence-electron chi connectivity index (χ0n) is 8.01. The molecule has 74 valence electrons. The first-order chi connectivity index (χ1) is 6.79. The molecule has 1 heterocycles. The standard InChI is InChI=1S/C11H14N2O/c14-9-4-1-3-8-10(9)13-11(7-12-8)5-2-6-11/h1,3-4,12-14H,2,5-7H2. The third-order valence-corrected chi connectivity index (χ3v) is 3.36. The van der Waals surface area contributed by atoms with Crippen molar-refractivity contribution >= 4 is 11.4 Å². The Labute approximate surface area is 83.1 Å². The summed E-state index contributed by atoms with van der Waals surface area (Å²) in [5.41, 5.74) is 2.10. The first kappa shape index (κ1) is 7.97. The van der Waals surface area contributed by atoms with E-state index in [1.165, 1.54) is 19.3 Å². The van der Waals surface area contributed by atoms with Crippen LogP contribution in [-0.4, -0.2) is 17.2 Å². The highest BCUT2D eigenvalue weighted by molar-refractivity contribution is 5.78. The number of hydrogen-bond donors (Lipinski definition) is 3. The van der Waals surface area contributed by atoms with Gasteiger partial charge in [-0.3, -0.25) is 0 Å². The quantitative estimate of drug-likeness (QED) is 0.549. The Kier molecular flexibility index (Phi) is 1.46. The second-order valence-electron chi connectivity index (χ2n) is 4.31. The van der Waals surface area contributed by atoms with E-state index in [4.69, 9.17) is 0 Å². The Bertz CT molecular complexity index is 372. The highest BCUT2D eigenvalue weighted by atomic mass is 16.3. The molecular formula is C11H14N2O. The predicted octanol–water partition coefficient (Wildman–Crippen LogP) is 2.15. The van der Waals surface area contributed by atoms with Crippen LogP contribution in [0.25, 0.3) is 0 Å². The van der Waals surface area contributed by atoms with E-state index in [-0.39, 0.29) is 5.54 Å². The van der Waals surface area contributed by atoms with Crippen molar-refractivity contribution in [2.45, 2.75) is 24.8 Å². The number of hydrogen-bond acceptors (Lipinski definition) is 3. The molecular weight excluding hydrogens is 176 g/mol. The first-order valence-corrected chi connectivity index (χ1v) is 5.13. The Hall–Kier alpha value is -1.38. The number of para-hydroxylation sites is 1. The van der Waals surface area contributed by atoms with Gasteiger partial charge in [0.05, 0.1) is 11.2 Å². The van der Waals surface area contributed by atoms with Gasteiger partial charge < -0.3 is 15.7 Å². The topological polar surface area (TPSA) is 44.3 Å². The van der Waals surface area contributed by atoms with Crippen molar-refractivity contribution in [3.8, 4) is 5.75 Å². The van der Waals surface area contributed by atoms with Crippen molar-refractivity contribution in [3.05, 3.63) is 18.2 Å². The van der Waals surface area contributed by atoms with E-state index < -0.39 is 0 Å². The van der Waals surface area contributed by atoms with E-state index in [0.717, 1.165) is 17.9 Å². The monoisotopic (exact) mass is 190 g/mol. The molecule has 0 amide bonds. The molecule has 1 aliphatic heterocycles. The van der Waals surface area contributed by atoms with Gasteiger partial charge in [-0.05, 0) is 31.4 Å². The number of fused-ring (bicyclic) bond motifs is 1. The largest absolute Gasteiger partial charge is 0.506 e. The lowest BCUT2D eigenvalue weighted by atomic mass is 9.75. The number of phenols is 1. The molecule has 3 N–H and O–H groups in total. The van der Waals surface area contributed by atoms with Crippen LogP contribution in [0.2, 0.25) is 0 Å². The van der Waals surface area contributed by atoms with Gasteiger partial charge in [0.25, 0.3) is 0 Å². The van der Waals surface area contributed by atoms with Crippen LogP contribution in [0.4, 0.5) is 11.4 Å². The summed E-state index contributed by atoms with van der Waals surface area (Å²) >= 11 is 0. The second-order valence-corrected chi connectivity index (χ2v) is 4.31. The lowest BCUT2D eigenvalue weighted by Gasteiger charge is -2.47. The van der Waals surface area contributed by atoms with Crippen LogP contribution < -0.4 is 10.6 Å². The molecule has 0 bridgehead atoms. The summed E-state index contributed by atoms with van der Waals surface area (Å²) in [5, 5.41) is 16.5. The van der Waals surface area contributed by atoms with E-state index in [2.05, 4.69) is 10.6 Å². The number of aromatic hydroxyl groups is 1. The van der Waals surface area contributed by atoms with Gasteiger partial charge in [0.15, 0.2) is 0 Å². The molecule has 0 aromatic heterocycles. The summed E-state index contributed by atoms with van der Waals surface area (Å²) in [6, 6.07) is 5.58. The Morgan fingerprint density at radius 2 is 2.14 bits per heavy atom. The molecule has 1 aromatic rings. The molecule has 14 heavy (non-hydrogen) atoms. The summed E-state index contributed by atoms with van der Waals surface area (Å²) in [5.74, 6) is 0.348. The van der Waals surface area contributed by atoms with Crippen LogP contribution in [0.15, 0.2) is 18.2 Å². The fourth-order valence-electron chi connectivity index (χ4n) is 2.30. The fourth-order valence-corrected chi connectivity index (χ4v) is 2.30. The van der Waals surface area contributed by atoms with Crippen LogP contribution in [0.1, 0.15) is 19.3 Å². The number of benzene rings is 1. The summed E-state index contributed by atoms with van der Waals surface area (Å²) in [4.78, 5) is 0. The summed E-state index contributed by atoms with van der Waals surface area (Å²) < 4.78 is 0. The zero-order chi connectivity index (χ0) is 9.60. The van der Waals surface area contributed by atoms with Crippen LogP contribution >= 0.6 is 0 Å². The van der Waals surface area contributed by atoms with Gasteiger partial charge in [-0.2, -0.15) is 0 Å². The molecule has 3 nitrogen and oxygen atoms in total. The smallest absolute Gasteiger partial charge is 0.140 e. The minimum absolute atomic E-state index is 0.214. The second kappa shape index (κ2) is 2.56. The highest BCUT2D eigenvalue weighted by Gasteiger charge is 2.40. The van der Waals surface area contributed by atoms with E-state index in [9.17, 15) is 5.11 Å². The minimum Gasteiger partial charge on any atom is -0.506 e. The maximum absolute atomic E-state index is 9.71. The first-order valence-electron chi connectivity index (χ1n) is 5.13. The molecule has 0 atom stereocenters. The Morgan fingerprint density at radius 1 is 1.29 bits per heavy atom. The molecule has 1 saturated carbocycles. The van der Waals surface area contributed by atoms with Gasteiger partial charge in [0, 0.05) is 6.54 Å². The van der Waals surface area contributed by atoms with Crippen LogP contribution in [0, 0.1) is 0 Å². The molecule has 0 unspecified atom stereocenters. The van der Waals surface area contributed by atoms with Crippen molar-refractivity contribution in [2.24, 2.45) is 0 Å². The van der Waals surface area contributed by atoms with Crippen LogP contribution in [-0.2, 0) is 0 Å². The van der Waals surface area contributed by atoms with E-state index >= 15 is 0 Å². The zero-order valence-corrected chi connectivity index (χ0v) is 8.01. The summed E-state index contributed by atoms with van der Waals surface area (Å²) in [6.07, 6.45) is 3.69. The Balaban J connectivity index is 2.00. The number of phenolic OH excluding ortho intramolecular Hbond substituents is 1. The molecule has 2 aliphatic rings. The van der Waals surface area contributed by atoms with E-state index in [1.54, 1.807) is 6.07 Å². The van der Waals surface area contributed by atoms with Crippen LogP contribution in [0.3, 0.4) is 0 Å². The van der Waals surface area contributed by atoms with Crippen molar-refractivity contribution in [3.63, 3.8) is 0 Å². The molecule has 1 aliphatic carbocycles. The van der Waals surface area contributed by atoms with Gasteiger partial charge in [0.1, 0.15) is 11.4 Å². The average molecular weight is 190 g/mol. The van der Waals surface area contributed by atoms with E-state index in [0.29, 0.717) is 5.75 Å². The van der Waals surface area contributed by atoms with Crippen molar-refractivity contribution in [1.82, 2.24) is 0 Å². The normalized spacial score (nSPS) is 21.7. The SMILES string of the molecule is Oc1cccc2c1NC1(CCC1)CN2. The fraction of sp³-hybridized carbons (Fsp3) is 0.455. The Morgan fingerprint density at radius 3 is 2.86 bits per heavy atom.